The standard InChI is InChI=1S/C16H23N3O/c1-2-19-12-14(11-18-6-8-20-9-7-18)16-13(10-17)4-3-5-15(16)19/h3-5,12H,2,6-11,17H2,1H3. The fourth-order valence-electron chi connectivity index (χ4n) is 3.07. The second-order valence-corrected chi connectivity index (χ2v) is 5.34. The van der Waals surface area contributed by atoms with E-state index in [9.17, 15) is 0 Å². The van der Waals surface area contributed by atoms with Gasteiger partial charge in [-0.1, -0.05) is 12.1 Å². The zero-order valence-electron chi connectivity index (χ0n) is 12.1. The van der Waals surface area contributed by atoms with Gasteiger partial charge in [0.25, 0.3) is 0 Å². The lowest BCUT2D eigenvalue weighted by atomic mass is 10.1. The molecule has 0 radical (unpaired) electrons. The predicted octanol–water partition coefficient (Wildman–Crippen LogP) is 1.95. The van der Waals surface area contributed by atoms with Crippen LogP contribution in [0.1, 0.15) is 18.1 Å². The van der Waals surface area contributed by atoms with E-state index in [4.69, 9.17) is 10.5 Å². The van der Waals surface area contributed by atoms with E-state index < -0.39 is 0 Å². The summed E-state index contributed by atoms with van der Waals surface area (Å²) in [6.07, 6.45) is 2.29. The number of fused-ring (bicyclic) bond motifs is 1. The summed E-state index contributed by atoms with van der Waals surface area (Å²) in [6.45, 7) is 8.49. The summed E-state index contributed by atoms with van der Waals surface area (Å²) in [5, 5.41) is 1.35. The summed E-state index contributed by atoms with van der Waals surface area (Å²) in [6, 6.07) is 6.45. The molecule has 0 unspecified atom stereocenters. The number of aryl methyl sites for hydroxylation is 1. The van der Waals surface area contributed by atoms with E-state index >= 15 is 0 Å². The van der Waals surface area contributed by atoms with Gasteiger partial charge in [-0.05, 0) is 24.1 Å². The topological polar surface area (TPSA) is 43.4 Å². The quantitative estimate of drug-likeness (QED) is 0.926. The molecule has 4 nitrogen and oxygen atoms in total. The molecule has 0 amide bonds. The zero-order chi connectivity index (χ0) is 13.9. The van der Waals surface area contributed by atoms with E-state index in [1.807, 2.05) is 0 Å². The van der Waals surface area contributed by atoms with Gasteiger partial charge in [-0.2, -0.15) is 0 Å². The third-order valence-electron chi connectivity index (χ3n) is 4.13. The Morgan fingerprint density at radius 2 is 2.00 bits per heavy atom. The first-order valence-corrected chi connectivity index (χ1v) is 7.43. The van der Waals surface area contributed by atoms with Crippen molar-refractivity contribution in [2.24, 2.45) is 5.73 Å². The van der Waals surface area contributed by atoms with Gasteiger partial charge in [0.15, 0.2) is 0 Å². The number of hydrogen-bond acceptors (Lipinski definition) is 3. The normalized spacial score (nSPS) is 16.9. The lowest BCUT2D eigenvalue weighted by Gasteiger charge is -2.26. The van der Waals surface area contributed by atoms with Crippen molar-refractivity contribution in [3.8, 4) is 0 Å². The third-order valence-corrected chi connectivity index (χ3v) is 4.13. The van der Waals surface area contributed by atoms with Crippen LogP contribution in [0.3, 0.4) is 0 Å². The van der Waals surface area contributed by atoms with E-state index in [2.05, 4.69) is 40.8 Å². The number of nitrogens with two attached hydrogens (primary N) is 1. The smallest absolute Gasteiger partial charge is 0.0594 e. The summed E-state index contributed by atoms with van der Waals surface area (Å²) in [5.74, 6) is 0. The molecule has 2 heterocycles. The second-order valence-electron chi connectivity index (χ2n) is 5.34. The van der Waals surface area contributed by atoms with Gasteiger partial charge in [-0.3, -0.25) is 4.90 Å². The summed E-state index contributed by atoms with van der Waals surface area (Å²) >= 11 is 0. The molecule has 0 bridgehead atoms. The molecule has 3 rings (SSSR count). The van der Waals surface area contributed by atoms with Crippen molar-refractivity contribution in [1.29, 1.82) is 0 Å². The van der Waals surface area contributed by atoms with Crippen LogP contribution in [0.25, 0.3) is 10.9 Å². The Morgan fingerprint density at radius 3 is 2.70 bits per heavy atom. The molecule has 1 saturated heterocycles. The average Bonchev–Trinajstić information content (AvgIpc) is 2.86. The van der Waals surface area contributed by atoms with E-state index in [0.29, 0.717) is 6.54 Å². The van der Waals surface area contributed by atoms with Crippen LogP contribution in [0.15, 0.2) is 24.4 Å². The number of benzene rings is 1. The number of rotatable bonds is 4. The zero-order valence-corrected chi connectivity index (χ0v) is 12.1. The largest absolute Gasteiger partial charge is 0.379 e. The Morgan fingerprint density at radius 1 is 1.20 bits per heavy atom. The molecule has 2 aromatic rings. The molecule has 0 atom stereocenters. The summed E-state index contributed by atoms with van der Waals surface area (Å²) in [4.78, 5) is 2.46. The molecule has 108 valence electrons. The molecular formula is C16H23N3O. The lowest BCUT2D eigenvalue weighted by molar-refractivity contribution is 0.0343. The maximum atomic E-state index is 5.93. The third kappa shape index (κ3) is 2.46. The van der Waals surface area contributed by atoms with Crippen molar-refractivity contribution in [3.05, 3.63) is 35.5 Å². The molecule has 0 aliphatic carbocycles. The van der Waals surface area contributed by atoms with Gasteiger partial charge in [0, 0.05) is 49.8 Å². The van der Waals surface area contributed by atoms with Crippen molar-refractivity contribution < 1.29 is 4.74 Å². The molecule has 1 aliphatic heterocycles. The van der Waals surface area contributed by atoms with Gasteiger partial charge < -0.3 is 15.0 Å². The van der Waals surface area contributed by atoms with Crippen LogP contribution in [0.2, 0.25) is 0 Å². The first kappa shape index (κ1) is 13.6. The SMILES string of the molecule is CCn1cc(CN2CCOCC2)c2c(CN)cccc21. The van der Waals surface area contributed by atoms with Gasteiger partial charge >= 0.3 is 0 Å². The number of hydrogen-bond donors (Lipinski definition) is 1. The molecule has 0 spiro atoms. The van der Waals surface area contributed by atoms with Crippen molar-refractivity contribution in [2.45, 2.75) is 26.6 Å². The fraction of sp³-hybridized carbons (Fsp3) is 0.500. The van der Waals surface area contributed by atoms with Crippen LogP contribution in [0.5, 0.6) is 0 Å². The number of aromatic nitrogens is 1. The fourth-order valence-corrected chi connectivity index (χ4v) is 3.07. The minimum atomic E-state index is 0.598. The second kappa shape index (κ2) is 5.95. The lowest BCUT2D eigenvalue weighted by Crippen LogP contribution is -2.35. The highest BCUT2D eigenvalue weighted by Crippen LogP contribution is 2.26. The number of nitrogens with zero attached hydrogens (tertiary/aromatic N) is 2. The molecule has 2 N–H and O–H groups in total. The van der Waals surface area contributed by atoms with Crippen LogP contribution in [0.4, 0.5) is 0 Å². The van der Waals surface area contributed by atoms with E-state index in [-0.39, 0.29) is 0 Å². The monoisotopic (exact) mass is 273 g/mol. The van der Waals surface area contributed by atoms with Gasteiger partial charge in [-0.15, -0.1) is 0 Å². The van der Waals surface area contributed by atoms with Gasteiger partial charge in [0.2, 0.25) is 0 Å². The van der Waals surface area contributed by atoms with Gasteiger partial charge in [0.1, 0.15) is 0 Å². The first-order valence-electron chi connectivity index (χ1n) is 7.43. The van der Waals surface area contributed by atoms with Crippen molar-refractivity contribution in [3.63, 3.8) is 0 Å². The molecule has 0 saturated carbocycles. The van der Waals surface area contributed by atoms with Crippen LogP contribution >= 0.6 is 0 Å². The summed E-state index contributed by atoms with van der Waals surface area (Å²) in [5.41, 5.74) is 9.87. The maximum absolute atomic E-state index is 5.93. The van der Waals surface area contributed by atoms with Crippen LogP contribution < -0.4 is 5.73 Å². The van der Waals surface area contributed by atoms with E-state index in [1.165, 1.54) is 22.0 Å². The molecule has 1 fully saturated rings. The highest BCUT2D eigenvalue weighted by atomic mass is 16.5. The minimum absolute atomic E-state index is 0.598. The first-order chi connectivity index (χ1) is 9.83. The Kier molecular flexibility index (Phi) is 4.05. The Balaban J connectivity index is 2.00. The Bertz CT molecular complexity index is 585. The molecule has 1 aromatic carbocycles. The molecule has 4 heteroatoms. The van der Waals surface area contributed by atoms with Crippen molar-refractivity contribution in [1.82, 2.24) is 9.47 Å². The van der Waals surface area contributed by atoms with E-state index in [1.54, 1.807) is 0 Å². The van der Waals surface area contributed by atoms with Gasteiger partial charge in [0.05, 0.1) is 13.2 Å². The average molecular weight is 273 g/mol. The van der Waals surface area contributed by atoms with Crippen molar-refractivity contribution >= 4 is 10.9 Å². The maximum Gasteiger partial charge on any atom is 0.0594 e. The van der Waals surface area contributed by atoms with Crippen molar-refractivity contribution in [2.75, 3.05) is 26.3 Å². The summed E-state index contributed by atoms with van der Waals surface area (Å²) < 4.78 is 7.75. The van der Waals surface area contributed by atoms with Crippen LogP contribution in [0, 0.1) is 0 Å². The molecular weight excluding hydrogens is 250 g/mol. The summed E-state index contributed by atoms with van der Waals surface area (Å²) in [7, 11) is 0. The van der Waals surface area contributed by atoms with E-state index in [0.717, 1.165) is 39.4 Å². The Labute approximate surface area is 120 Å². The van der Waals surface area contributed by atoms with Crippen LogP contribution in [-0.4, -0.2) is 35.8 Å². The molecule has 20 heavy (non-hydrogen) atoms. The molecule has 1 aliphatic rings. The highest BCUT2D eigenvalue weighted by molar-refractivity contribution is 5.87. The van der Waals surface area contributed by atoms with Crippen LogP contribution in [-0.2, 0) is 24.4 Å². The number of ether oxygens (including phenoxy) is 1. The number of morpholine rings is 1. The predicted molar refractivity (Wildman–Crippen MR) is 81.6 cm³/mol. The molecule has 1 aromatic heterocycles. The Hall–Kier alpha value is -1.36. The highest BCUT2D eigenvalue weighted by Gasteiger charge is 2.16. The van der Waals surface area contributed by atoms with Gasteiger partial charge in [-0.25, -0.2) is 0 Å². The minimum Gasteiger partial charge on any atom is -0.379 e.